The van der Waals surface area contributed by atoms with Crippen molar-refractivity contribution in [1.82, 2.24) is 0 Å². The van der Waals surface area contributed by atoms with Crippen LogP contribution in [0.2, 0.25) is 0 Å². The quantitative estimate of drug-likeness (QED) is 0.909. The van der Waals surface area contributed by atoms with Gasteiger partial charge in [0.05, 0.1) is 11.3 Å². The van der Waals surface area contributed by atoms with Gasteiger partial charge in [-0.1, -0.05) is 12.1 Å². The number of benzene rings is 2. The van der Waals surface area contributed by atoms with Gasteiger partial charge in [0, 0.05) is 12.1 Å². The molecule has 2 aromatic rings. The van der Waals surface area contributed by atoms with Crippen molar-refractivity contribution >= 4 is 5.69 Å². The van der Waals surface area contributed by atoms with Crippen LogP contribution in [0.5, 0.6) is 0 Å². The van der Waals surface area contributed by atoms with Crippen LogP contribution in [0.1, 0.15) is 16.7 Å². The van der Waals surface area contributed by atoms with E-state index < -0.39 is 11.6 Å². The van der Waals surface area contributed by atoms with Crippen LogP contribution in [0.3, 0.4) is 0 Å². The van der Waals surface area contributed by atoms with Crippen LogP contribution in [-0.2, 0) is 6.54 Å². The number of hydrogen-bond acceptors (Lipinski definition) is 2. The van der Waals surface area contributed by atoms with Crippen LogP contribution in [0.4, 0.5) is 14.5 Å². The first-order valence-electron chi connectivity index (χ1n) is 5.79. The molecule has 2 aromatic carbocycles. The highest BCUT2D eigenvalue weighted by Crippen LogP contribution is 2.21. The third-order valence-corrected chi connectivity index (χ3v) is 2.86. The molecule has 0 saturated carbocycles. The molecule has 1 N–H and O–H groups in total. The summed E-state index contributed by atoms with van der Waals surface area (Å²) in [5, 5.41) is 12.0. The molecule has 0 heterocycles. The molecule has 0 fully saturated rings. The SMILES string of the molecule is Cc1cccc(C#N)c1NCc1cc(F)ccc1F. The first-order chi connectivity index (χ1) is 9.11. The van der Waals surface area contributed by atoms with Gasteiger partial charge in [0.1, 0.15) is 17.7 Å². The Morgan fingerprint density at radius 2 is 2.00 bits per heavy atom. The summed E-state index contributed by atoms with van der Waals surface area (Å²) in [6, 6.07) is 10.7. The summed E-state index contributed by atoms with van der Waals surface area (Å²) in [6.45, 7) is 1.98. The molecule has 0 spiro atoms. The number of nitriles is 1. The van der Waals surface area contributed by atoms with E-state index in [2.05, 4.69) is 11.4 Å². The maximum absolute atomic E-state index is 13.5. The second-order valence-corrected chi connectivity index (χ2v) is 4.20. The second kappa shape index (κ2) is 5.49. The van der Waals surface area contributed by atoms with Gasteiger partial charge in [-0.25, -0.2) is 8.78 Å². The lowest BCUT2D eigenvalue weighted by atomic mass is 10.1. The van der Waals surface area contributed by atoms with Gasteiger partial charge in [0.25, 0.3) is 0 Å². The van der Waals surface area contributed by atoms with Crippen LogP contribution < -0.4 is 5.32 Å². The summed E-state index contributed by atoms with van der Waals surface area (Å²) in [6.07, 6.45) is 0. The molecule has 0 aliphatic rings. The Kier molecular flexibility index (Phi) is 3.76. The largest absolute Gasteiger partial charge is 0.380 e. The van der Waals surface area contributed by atoms with Gasteiger partial charge >= 0.3 is 0 Å². The number of aryl methyl sites for hydroxylation is 1. The van der Waals surface area contributed by atoms with Crippen LogP contribution in [0.25, 0.3) is 0 Å². The summed E-state index contributed by atoms with van der Waals surface area (Å²) >= 11 is 0. The van der Waals surface area contributed by atoms with Crippen LogP contribution in [0.15, 0.2) is 36.4 Å². The van der Waals surface area contributed by atoms with Gasteiger partial charge in [-0.3, -0.25) is 0 Å². The van der Waals surface area contributed by atoms with E-state index in [0.29, 0.717) is 11.3 Å². The maximum Gasteiger partial charge on any atom is 0.128 e. The van der Waals surface area contributed by atoms with Crippen molar-refractivity contribution in [2.45, 2.75) is 13.5 Å². The highest BCUT2D eigenvalue weighted by Gasteiger charge is 2.07. The predicted molar refractivity (Wildman–Crippen MR) is 69.6 cm³/mol. The molecule has 0 aliphatic carbocycles. The molecule has 4 heteroatoms. The van der Waals surface area contributed by atoms with Crippen molar-refractivity contribution < 1.29 is 8.78 Å². The van der Waals surface area contributed by atoms with E-state index in [0.717, 1.165) is 23.8 Å². The summed E-state index contributed by atoms with van der Waals surface area (Å²) < 4.78 is 26.5. The summed E-state index contributed by atoms with van der Waals surface area (Å²) in [4.78, 5) is 0. The van der Waals surface area contributed by atoms with Crippen molar-refractivity contribution in [1.29, 1.82) is 5.26 Å². The van der Waals surface area contributed by atoms with E-state index in [4.69, 9.17) is 5.26 Å². The van der Waals surface area contributed by atoms with E-state index in [1.165, 1.54) is 0 Å². The van der Waals surface area contributed by atoms with Gasteiger partial charge in [0.15, 0.2) is 0 Å². The molecule has 0 radical (unpaired) electrons. The smallest absolute Gasteiger partial charge is 0.128 e. The zero-order valence-electron chi connectivity index (χ0n) is 10.4. The molecule has 0 unspecified atom stereocenters. The minimum atomic E-state index is -0.483. The number of nitrogens with zero attached hydrogens (tertiary/aromatic N) is 1. The Hall–Kier alpha value is -2.41. The summed E-state index contributed by atoms with van der Waals surface area (Å²) in [5.41, 5.74) is 2.24. The average molecular weight is 258 g/mol. The molecule has 0 aromatic heterocycles. The Labute approximate surface area is 110 Å². The molecule has 96 valence electrons. The fourth-order valence-corrected chi connectivity index (χ4v) is 1.86. The third kappa shape index (κ3) is 2.89. The Morgan fingerprint density at radius 1 is 1.21 bits per heavy atom. The number of rotatable bonds is 3. The minimum absolute atomic E-state index is 0.128. The van der Waals surface area contributed by atoms with E-state index in [9.17, 15) is 8.78 Å². The fraction of sp³-hybridized carbons (Fsp3) is 0.133. The molecule has 0 aliphatic heterocycles. The number of para-hydroxylation sites is 1. The van der Waals surface area contributed by atoms with Crippen LogP contribution >= 0.6 is 0 Å². The zero-order chi connectivity index (χ0) is 13.8. The Bertz CT molecular complexity index is 645. The molecule has 0 bridgehead atoms. The lowest BCUT2D eigenvalue weighted by Gasteiger charge is -2.11. The van der Waals surface area contributed by atoms with Crippen molar-refractivity contribution in [3.8, 4) is 6.07 Å². The van der Waals surface area contributed by atoms with Gasteiger partial charge in [-0.05, 0) is 36.8 Å². The molecule has 0 saturated heterocycles. The van der Waals surface area contributed by atoms with Crippen LogP contribution in [-0.4, -0.2) is 0 Å². The second-order valence-electron chi connectivity index (χ2n) is 4.20. The average Bonchev–Trinajstić information content (AvgIpc) is 2.40. The van der Waals surface area contributed by atoms with E-state index in [1.807, 2.05) is 13.0 Å². The first kappa shape index (κ1) is 13.0. The molecule has 19 heavy (non-hydrogen) atoms. The first-order valence-corrected chi connectivity index (χ1v) is 5.79. The molecule has 2 nitrogen and oxygen atoms in total. The van der Waals surface area contributed by atoms with Gasteiger partial charge < -0.3 is 5.32 Å². The Balaban J connectivity index is 2.24. The fourth-order valence-electron chi connectivity index (χ4n) is 1.86. The third-order valence-electron chi connectivity index (χ3n) is 2.86. The number of nitrogens with one attached hydrogen (secondary N) is 1. The normalized spacial score (nSPS) is 10.0. The van der Waals surface area contributed by atoms with Gasteiger partial charge in [-0.2, -0.15) is 5.26 Å². The van der Waals surface area contributed by atoms with Gasteiger partial charge in [0.2, 0.25) is 0 Å². The topological polar surface area (TPSA) is 35.8 Å². The standard InChI is InChI=1S/C15H12F2N2/c1-10-3-2-4-11(8-18)15(10)19-9-12-7-13(16)5-6-14(12)17/h2-7,19H,9H2,1H3. The molecule has 2 rings (SSSR count). The maximum atomic E-state index is 13.5. The summed E-state index contributed by atoms with van der Waals surface area (Å²) in [5.74, 6) is -0.954. The minimum Gasteiger partial charge on any atom is -0.380 e. The zero-order valence-corrected chi connectivity index (χ0v) is 10.4. The highest BCUT2D eigenvalue weighted by molar-refractivity contribution is 5.62. The predicted octanol–water partition coefficient (Wildman–Crippen LogP) is 3.76. The molecular weight excluding hydrogens is 246 g/mol. The van der Waals surface area contributed by atoms with Crippen molar-refractivity contribution in [3.05, 3.63) is 64.7 Å². The number of halogens is 2. The van der Waals surface area contributed by atoms with Crippen molar-refractivity contribution in [3.63, 3.8) is 0 Å². The van der Waals surface area contributed by atoms with E-state index in [1.54, 1.807) is 12.1 Å². The van der Waals surface area contributed by atoms with Crippen molar-refractivity contribution in [2.75, 3.05) is 5.32 Å². The van der Waals surface area contributed by atoms with E-state index in [-0.39, 0.29) is 12.1 Å². The summed E-state index contributed by atoms with van der Waals surface area (Å²) in [7, 11) is 0. The molecular formula is C15H12F2N2. The van der Waals surface area contributed by atoms with Gasteiger partial charge in [-0.15, -0.1) is 0 Å². The van der Waals surface area contributed by atoms with E-state index >= 15 is 0 Å². The van der Waals surface area contributed by atoms with Crippen LogP contribution in [0, 0.1) is 29.9 Å². The lowest BCUT2D eigenvalue weighted by molar-refractivity contribution is 0.587. The molecule has 0 atom stereocenters. The number of anilines is 1. The highest BCUT2D eigenvalue weighted by atomic mass is 19.1. The van der Waals surface area contributed by atoms with Crippen molar-refractivity contribution in [2.24, 2.45) is 0 Å². The number of hydrogen-bond donors (Lipinski definition) is 1. The molecule has 0 amide bonds. The Morgan fingerprint density at radius 3 is 2.74 bits per heavy atom. The lowest BCUT2D eigenvalue weighted by Crippen LogP contribution is -2.05. The monoisotopic (exact) mass is 258 g/mol.